The Kier molecular flexibility index (Phi) is 7.42. The minimum absolute atomic E-state index is 0.244. The van der Waals surface area contributed by atoms with Crippen molar-refractivity contribution >= 4 is 11.9 Å². The van der Waals surface area contributed by atoms with Crippen LogP contribution in [0.3, 0.4) is 0 Å². The van der Waals surface area contributed by atoms with E-state index in [2.05, 4.69) is 5.32 Å². The smallest absolute Gasteiger partial charge is 0.329 e. The third-order valence-electron chi connectivity index (χ3n) is 3.35. The van der Waals surface area contributed by atoms with Gasteiger partial charge in [-0.05, 0) is 45.1 Å². The maximum absolute atomic E-state index is 12.4. The van der Waals surface area contributed by atoms with Gasteiger partial charge in [0.25, 0.3) is 0 Å². The van der Waals surface area contributed by atoms with Crippen LogP contribution >= 0.6 is 0 Å². The van der Waals surface area contributed by atoms with Crippen molar-refractivity contribution in [3.8, 4) is 0 Å². The van der Waals surface area contributed by atoms with Crippen LogP contribution in [-0.4, -0.2) is 29.6 Å². The molecule has 0 saturated carbocycles. The zero-order chi connectivity index (χ0) is 18.3. The molecule has 0 aliphatic carbocycles. The van der Waals surface area contributed by atoms with E-state index in [9.17, 15) is 9.59 Å². The summed E-state index contributed by atoms with van der Waals surface area (Å²) < 4.78 is 5.41. The third-order valence-corrected chi connectivity index (χ3v) is 3.35. The summed E-state index contributed by atoms with van der Waals surface area (Å²) in [7, 11) is 0. The van der Waals surface area contributed by atoms with Crippen LogP contribution in [0, 0.1) is 5.92 Å². The number of nitrogens with two attached hydrogens (primary N) is 1. The number of hydrogen-bond acceptors (Lipinski definition) is 4. The van der Waals surface area contributed by atoms with Gasteiger partial charge in [0.1, 0.15) is 11.6 Å². The van der Waals surface area contributed by atoms with Gasteiger partial charge in [-0.3, -0.25) is 4.79 Å². The molecule has 0 spiro atoms. The molecule has 0 aliphatic rings. The standard InChI is InChI=1S/C19H30N2O3/c1-13(2)11-16(18(23)24-19(3,4)5)21-17(22)15(20)12-14-9-7-6-8-10-14/h6-10,13,15-16H,11-12,20H2,1-5H3,(H,21,22)/t15-,16?/m1/s1. The Morgan fingerprint density at radius 3 is 2.25 bits per heavy atom. The molecule has 134 valence electrons. The molecular weight excluding hydrogens is 304 g/mol. The summed E-state index contributed by atoms with van der Waals surface area (Å²) in [6.07, 6.45) is 0.939. The molecule has 1 aromatic carbocycles. The Morgan fingerprint density at radius 1 is 1.17 bits per heavy atom. The molecule has 5 nitrogen and oxygen atoms in total. The predicted molar refractivity (Wildman–Crippen MR) is 95.4 cm³/mol. The van der Waals surface area contributed by atoms with E-state index in [-0.39, 0.29) is 11.8 Å². The molecule has 5 heteroatoms. The minimum atomic E-state index is -0.704. The number of nitrogens with one attached hydrogen (secondary N) is 1. The van der Waals surface area contributed by atoms with Crippen LogP contribution in [0.2, 0.25) is 0 Å². The molecule has 0 bridgehead atoms. The highest BCUT2D eigenvalue weighted by Gasteiger charge is 2.28. The predicted octanol–water partition coefficient (Wildman–Crippen LogP) is 2.43. The van der Waals surface area contributed by atoms with Gasteiger partial charge in [0.2, 0.25) is 5.91 Å². The Balaban J connectivity index is 2.70. The van der Waals surface area contributed by atoms with Crippen molar-refractivity contribution in [2.75, 3.05) is 0 Å². The van der Waals surface area contributed by atoms with Gasteiger partial charge in [0.05, 0.1) is 6.04 Å². The molecule has 0 saturated heterocycles. The fourth-order valence-electron chi connectivity index (χ4n) is 2.30. The second-order valence-electron chi connectivity index (χ2n) is 7.52. The van der Waals surface area contributed by atoms with Crippen molar-refractivity contribution in [2.45, 2.75) is 65.1 Å². The van der Waals surface area contributed by atoms with Crippen LogP contribution in [0.5, 0.6) is 0 Å². The summed E-state index contributed by atoms with van der Waals surface area (Å²) in [4.78, 5) is 24.7. The second kappa shape index (κ2) is 8.83. The average Bonchev–Trinajstić information content (AvgIpc) is 2.45. The molecule has 0 aromatic heterocycles. The number of ether oxygens (including phenoxy) is 1. The average molecular weight is 334 g/mol. The molecule has 1 rings (SSSR count). The fraction of sp³-hybridized carbons (Fsp3) is 0.579. The second-order valence-corrected chi connectivity index (χ2v) is 7.52. The van der Waals surface area contributed by atoms with Crippen LogP contribution in [0.15, 0.2) is 30.3 Å². The first-order chi connectivity index (χ1) is 11.1. The van der Waals surface area contributed by atoms with Gasteiger partial charge in [-0.2, -0.15) is 0 Å². The summed E-state index contributed by atoms with van der Waals surface area (Å²) in [6, 6.07) is 8.18. The first kappa shape index (κ1) is 20.2. The van der Waals surface area contributed by atoms with E-state index < -0.39 is 23.7 Å². The van der Waals surface area contributed by atoms with Crippen molar-refractivity contribution in [1.82, 2.24) is 5.32 Å². The lowest BCUT2D eigenvalue weighted by molar-refractivity contribution is -0.159. The van der Waals surface area contributed by atoms with Gasteiger partial charge in [-0.15, -0.1) is 0 Å². The highest BCUT2D eigenvalue weighted by Crippen LogP contribution is 2.13. The van der Waals surface area contributed by atoms with Crippen molar-refractivity contribution in [2.24, 2.45) is 11.7 Å². The van der Waals surface area contributed by atoms with Crippen LogP contribution in [0.1, 0.15) is 46.6 Å². The topological polar surface area (TPSA) is 81.4 Å². The lowest BCUT2D eigenvalue weighted by Crippen LogP contribution is -2.51. The minimum Gasteiger partial charge on any atom is -0.458 e. The SMILES string of the molecule is CC(C)CC(NC(=O)[C@H](N)Cc1ccccc1)C(=O)OC(C)(C)C. The van der Waals surface area contributed by atoms with Crippen LogP contribution in [0.25, 0.3) is 0 Å². The highest BCUT2D eigenvalue weighted by atomic mass is 16.6. The van der Waals surface area contributed by atoms with Crippen molar-refractivity contribution in [3.05, 3.63) is 35.9 Å². The lowest BCUT2D eigenvalue weighted by Gasteiger charge is -2.26. The van der Waals surface area contributed by atoms with Crippen molar-refractivity contribution in [3.63, 3.8) is 0 Å². The van der Waals surface area contributed by atoms with Gasteiger partial charge in [-0.25, -0.2) is 4.79 Å². The number of esters is 1. The molecule has 24 heavy (non-hydrogen) atoms. The summed E-state index contributed by atoms with van der Waals surface area (Å²) in [5.74, 6) is -0.514. The van der Waals surface area contributed by atoms with E-state index in [0.717, 1.165) is 5.56 Å². The van der Waals surface area contributed by atoms with Gasteiger partial charge < -0.3 is 15.8 Å². The summed E-state index contributed by atoms with van der Waals surface area (Å²) in [5.41, 5.74) is 6.38. The fourth-order valence-corrected chi connectivity index (χ4v) is 2.30. The van der Waals surface area contributed by atoms with Gasteiger partial charge in [0, 0.05) is 0 Å². The van der Waals surface area contributed by atoms with E-state index >= 15 is 0 Å². The maximum atomic E-state index is 12.4. The Morgan fingerprint density at radius 2 is 1.75 bits per heavy atom. The van der Waals surface area contributed by atoms with Crippen molar-refractivity contribution in [1.29, 1.82) is 0 Å². The summed E-state index contributed by atoms with van der Waals surface area (Å²) >= 11 is 0. The molecule has 0 radical (unpaired) electrons. The number of amides is 1. The monoisotopic (exact) mass is 334 g/mol. The van der Waals surface area contributed by atoms with Crippen molar-refractivity contribution < 1.29 is 14.3 Å². The highest BCUT2D eigenvalue weighted by molar-refractivity contribution is 5.87. The van der Waals surface area contributed by atoms with E-state index in [1.165, 1.54) is 0 Å². The molecule has 1 amide bonds. The van der Waals surface area contributed by atoms with Crippen LogP contribution in [0.4, 0.5) is 0 Å². The number of hydrogen-bond donors (Lipinski definition) is 2. The molecule has 1 aromatic rings. The van der Waals surface area contributed by atoms with Crippen LogP contribution < -0.4 is 11.1 Å². The van der Waals surface area contributed by atoms with Gasteiger partial charge in [0.15, 0.2) is 0 Å². The normalized spacial score (nSPS) is 14.1. The molecule has 0 heterocycles. The summed E-state index contributed by atoms with van der Waals surface area (Å²) in [6.45, 7) is 9.40. The quantitative estimate of drug-likeness (QED) is 0.750. The Bertz CT molecular complexity index is 535. The van der Waals surface area contributed by atoms with E-state index in [4.69, 9.17) is 10.5 Å². The zero-order valence-corrected chi connectivity index (χ0v) is 15.3. The lowest BCUT2D eigenvalue weighted by atomic mass is 10.0. The first-order valence-electron chi connectivity index (χ1n) is 8.41. The molecular formula is C19H30N2O3. The van der Waals surface area contributed by atoms with E-state index in [1.807, 2.05) is 44.2 Å². The van der Waals surface area contributed by atoms with Gasteiger partial charge in [-0.1, -0.05) is 44.2 Å². The molecule has 0 fully saturated rings. The molecule has 2 atom stereocenters. The first-order valence-corrected chi connectivity index (χ1v) is 8.41. The number of benzene rings is 1. The Hall–Kier alpha value is -1.88. The van der Waals surface area contributed by atoms with E-state index in [0.29, 0.717) is 12.8 Å². The summed E-state index contributed by atoms with van der Waals surface area (Å²) in [5, 5.41) is 2.75. The zero-order valence-electron chi connectivity index (χ0n) is 15.3. The maximum Gasteiger partial charge on any atom is 0.329 e. The number of carbonyl (C=O) groups is 2. The molecule has 0 aliphatic heterocycles. The largest absolute Gasteiger partial charge is 0.458 e. The van der Waals surface area contributed by atoms with Gasteiger partial charge >= 0.3 is 5.97 Å². The van der Waals surface area contributed by atoms with Crippen LogP contribution in [-0.2, 0) is 20.7 Å². The third kappa shape index (κ3) is 7.59. The molecule has 3 N–H and O–H groups in total. The molecule has 1 unspecified atom stereocenters. The Labute approximate surface area is 145 Å². The number of carbonyl (C=O) groups excluding carboxylic acids is 2. The van der Waals surface area contributed by atoms with E-state index in [1.54, 1.807) is 20.8 Å². The number of rotatable bonds is 7.